The maximum Gasteiger partial charge on any atom is 0.0901 e. The highest BCUT2D eigenvalue weighted by Crippen LogP contribution is 2.15. The Morgan fingerprint density at radius 1 is 1.18 bits per heavy atom. The molecule has 0 aliphatic carbocycles. The van der Waals surface area contributed by atoms with Crippen LogP contribution in [0, 0.1) is 0 Å². The monoisotopic (exact) mass is 235 g/mol. The van der Waals surface area contributed by atoms with E-state index in [1.54, 1.807) is 0 Å². The van der Waals surface area contributed by atoms with Crippen molar-refractivity contribution < 1.29 is 9.47 Å². The fraction of sp³-hybridized carbons (Fsp3) is 0.571. The first-order valence-electron chi connectivity index (χ1n) is 6.25. The van der Waals surface area contributed by atoms with Crippen LogP contribution in [0.1, 0.15) is 18.9 Å². The number of nitrogens with one attached hydrogen (secondary N) is 1. The summed E-state index contributed by atoms with van der Waals surface area (Å²) in [5, 5.41) is 3.22. The zero-order valence-corrected chi connectivity index (χ0v) is 10.4. The third-order valence-corrected chi connectivity index (χ3v) is 2.99. The second-order valence-electron chi connectivity index (χ2n) is 4.79. The second-order valence-corrected chi connectivity index (χ2v) is 4.79. The highest BCUT2D eigenvalue weighted by atomic mass is 16.5. The van der Waals surface area contributed by atoms with Crippen LogP contribution in [-0.4, -0.2) is 31.9 Å². The topological polar surface area (TPSA) is 30.5 Å². The minimum atomic E-state index is 0.0689. The van der Waals surface area contributed by atoms with E-state index in [4.69, 9.17) is 9.47 Å². The van der Waals surface area contributed by atoms with Crippen LogP contribution in [0.25, 0.3) is 0 Å². The number of ether oxygens (including phenoxy) is 2. The van der Waals surface area contributed by atoms with Crippen LogP contribution in [0.5, 0.6) is 0 Å². The molecule has 1 fully saturated rings. The highest BCUT2D eigenvalue weighted by molar-refractivity contribution is 5.13. The summed E-state index contributed by atoms with van der Waals surface area (Å²) in [7, 11) is 0. The molecule has 0 bridgehead atoms. The molecule has 17 heavy (non-hydrogen) atoms. The molecule has 1 saturated heterocycles. The number of rotatable bonds is 7. The van der Waals surface area contributed by atoms with Gasteiger partial charge in [0.1, 0.15) is 0 Å². The van der Waals surface area contributed by atoms with Crippen molar-refractivity contribution in [2.24, 2.45) is 0 Å². The molecule has 1 aliphatic heterocycles. The van der Waals surface area contributed by atoms with Gasteiger partial charge in [-0.25, -0.2) is 0 Å². The first-order valence-corrected chi connectivity index (χ1v) is 6.25. The van der Waals surface area contributed by atoms with E-state index < -0.39 is 0 Å². The van der Waals surface area contributed by atoms with Crippen molar-refractivity contribution in [2.75, 3.05) is 26.3 Å². The molecule has 0 radical (unpaired) electrons. The molecule has 1 heterocycles. The van der Waals surface area contributed by atoms with Crippen molar-refractivity contribution in [2.45, 2.75) is 25.6 Å². The summed E-state index contributed by atoms with van der Waals surface area (Å²) in [4.78, 5) is 0. The number of benzene rings is 1. The van der Waals surface area contributed by atoms with Gasteiger partial charge in [0, 0.05) is 26.3 Å². The summed E-state index contributed by atoms with van der Waals surface area (Å²) in [6.45, 7) is 6.33. The normalized spacial score (nSPS) is 17.7. The fourth-order valence-electron chi connectivity index (χ4n) is 1.82. The van der Waals surface area contributed by atoms with Crippen LogP contribution in [0.4, 0.5) is 0 Å². The molecular formula is C14H21NO2. The van der Waals surface area contributed by atoms with Crippen LogP contribution < -0.4 is 5.32 Å². The molecule has 3 nitrogen and oxygen atoms in total. The Morgan fingerprint density at radius 3 is 2.59 bits per heavy atom. The predicted molar refractivity (Wildman–Crippen MR) is 67.9 cm³/mol. The van der Waals surface area contributed by atoms with Gasteiger partial charge in [-0.15, -0.1) is 0 Å². The first-order chi connectivity index (χ1) is 8.29. The van der Waals surface area contributed by atoms with Crippen LogP contribution in [-0.2, 0) is 16.1 Å². The molecule has 0 aromatic heterocycles. The van der Waals surface area contributed by atoms with Crippen LogP contribution in [0.3, 0.4) is 0 Å². The minimum absolute atomic E-state index is 0.0689. The third-order valence-electron chi connectivity index (χ3n) is 2.99. The molecule has 0 saturated carbocycles. The number of hydrogen-bond acceptors (Lipinski definition) is 3. The predicted octanol–water partition coefficient (Wildman–Crippen LogP) is 1.97. The molecule has 3 heteroatoms. The van der Waals surface area contributed by atoms with Gasteiger partial charge in [-0.05, 0) is 18.9 Å². The Hall–Kier alpha value is -0.900. The Kier molecular flexibility index (Phi) is 4.54. The lowest BCUT2D eigenvalue weighted by atomic mass is 10.0. The van der Waals surface area contributed by atoms with E-state index in [2.05, 4.69) is 24.4 Å². The lowest BCUT2D eigenvalue weighted by Crippen LogP contribution is -2.59. The summed E-state index contributed by atoms with van der Waals surface area (Å²) in [6, 6.07) is 10.2. The fourth-order valence-corrected chi connectivity index (χ4v) is 1.82. The van der Waals surface area contributed by atoms with Gasteiger partial charge in [-0.3, -0.25) is 0 Å². The molecule has 0 atom stereocenters. The molecule has 1 N–H and O–H groups in total. The molecular weight excluding hydrogens is 214 g/mol. The SMILES string of the molecule is CC1(OCCCOCc2ccccc2)CNC1. The molecule has 1 aromatic rings. The second kappa shape index (κ2) is 6.15. The highest BCUT2D eigenvalue weighted by Gasteiger charge is 2.31. The van der Waals surface area contributed by atoms with E-state index in [9.17, 15) is 0 Å². The Morgan fingerprint density at radius 2 is 1.94 bits per heavy atom. The molecule has 1 aromatic carbocycles. The zero-order chi connectivity index (χ0) is 12.0. The quantitative estimate of drug-likeness (QED) is 0.733. The summed E-state index contributed by atoms with van der Waals surface area (Å²) < 4.78 is 11.4. The van der Waals surface area contributed by atoms with E-state index >= 15 is 0 Å². The van der Waals surface area contributed by atoms with Gasteiger partial charge < -0.3 is 14.8 Å². The summed E-state index contributed by atoms with van der Waals surface area (Å²) in [5.41, 5.74) is 1.29. The molecule has 0 unspecified atom stereocenters. The largest absolute Gasteiger partial charge is 0.377 e. The molecule has 0 spiro atoms. The van der Waals surface area contributed by atoms with Crippen molar-refractivity contribution >= 4 is 0 Å². The van der Waals surface area contributed by atoms with Gasteiger partial charge in [0.05, 0.1) is 12.2 Å². The van der Waals surface area contributed by atoms with Gasteiger partial charge in [0.15, 0.2) is 0 Å². The molecule has 1 aliphatic rings. The van der Waals surface area contributed by atoms with Crippen LogP contribution >= 0.6 is 0 Å². The van der Waals surface area contributed by atoms with Crippen molar-refractivity contribution in [3.8, 4) is 0 Å². The van der Waals surface area contributed by atoms with Gasteiger partial charge in [-0.1, -0.05) is 30.3 Å². The molecule has 2 rings (SSSR count). The van der Waals surface area contributed by atoms with Gasteiger partial charge >= 0.3 is 0 Å². The zero-order valence-electron chi connectivity index (χ0n) is 10.4. The third kappa shape index (κ3) is 4.11. The Balaban J connectivity index is 1.49. The summed E-state index contributed by atoms with van der Waals surface area (Å²) in [6.07, 6.45) is 0.961. The maximum atomic E-state index is 5.78. The van der Waals surface area contributed by atoms with E-state index in [-0.39, 0.29) is 5.60 Å². The van der Waals surface area contributed by atoms with E-state index in [1.807, 2.05) is 18.2 Å². The van der Waals surface area contributed by atoms with E-state index in [0.717, 1.165) is 32.7 Å². The Labute approximate surface area is 103 Å². The molecule has 0 amide bonds. The summed E-state index contributed by atoms with van der Waals surface area (Å²) in [5.74, 6) is 0. The van der Waals surface area contributed by atoms with Gasteiger partial charge in [0.2, 0.25) is 0 Å². The van der Waals surface area contributed by atoms with Gasteiger partial charge in [-0.2, -0.15) is 0 Å². The smallest absolute Gasteiger partial charge is 0.0901 e. The van der Waals surface area contributed by atoms with E-state index in [0.29, 0.717) is 6.61 Å². The van der Waals surface area contributed by atoms with Crippen LogP contribution in [0.15, 0.2) is 30.3 Å². The Bertz CT molecular complexity index is 322. The minimum Gasteiger partial charge on any atom is -0.377 e. The van der Waals surface area contributed by atoms with E-state index in [1.165, 1.54) is 5.56 Å². The van der Waals surface area contributed by atoms with Crippen molar-refractivity contribution in [3.63, 3.8) is 0 Å². The summed E-state index contributed by atoms with van der Waals surface area (Å²) >= 11 is 0. The van der Waals surface area contributed by atoms with Crippen molar-refractivity contribution in [3.05, 3.63) is 35.9 Å². The first kappa shape index (κ1) is 12.6. The number of hydrogen-bond donors (Lipinski definition) is 1. The average Bonchev–Trinajstić information content (AvgIpc) is 2.33. The maximum absolute atomic E-state index is 5.78. The standard InChI is InChI=1S/C14H21NO2/c1-14(11-15-12-14)17-9-5-8-16-10-13-6-3-2-4-7-13/h2-4,6-7,15H,5,8-12H2,1H3. The van der Waals surface area contributed by atoms with Gasteiger partial charge in [0.25, 0.3) is 0 Å². The van der Waals surface area contributed by atoms with Crippen LogP contribution in [0.2, 0.25) is 0 Å². The van der Waals surface area contributed by atoms with Crippen molar-refractivity contribution in [1.29, 1.82) is 0 Å². The average molecular weight is 235 g/mol. The lowest BCUT2D eigenvalue weighted by Gasteiger charge is -2.39. The molecule has 94 valence electrons. The lowest BCUT2D eigenvalue weighted by molar-refractivity contribution is -0.0724. The van der Waals surface area contributed by atoms with Crippen molar-refractivity contribution in [1.82, 2.24) is 5.32 Å².